The summed E-state index contributed by atoms with van der Waals surface area (Å²) < 4.78 is 11.2. The van der Waals surface area contributed by atoms with Crippen LogP contribution in [0.15, 0.2) is 23.8 Å². The molecule has 2 rings (SSSR count). The van der Waals surface area contributed by atoms with E-state index in [1.54, 1.807) is 4.90 Å². The molecule has 3 atom stereocenters. The monoisotopic (exact) mass is 479 g/mol. The van der Waals surface area contributed by atoms with Crippen LogP contribution in [0.5, 0.6) is 0 Å². The zero-order valence-electron chi connectivity index (χ0n) is 21.5. The lowest BCUT2D eigenvalue weighted by Crippen LogP contribution is -2.50. The molecule has 1 heterocycles. The van der Waals surface area contributed by atoms with Crippen LogP contribution in [-0.4, -0.2) is 79.1 Å². The Hall–Kier alpha value is -1.74. The van der Waals surface area contributed by atoms with Gasteiger partial charge in [-0.05, 0) is 39.0 Å². The highest BCUT2D eigenvalue weighted by molar-refractivity contribution is 5.77. The van der Waals surface area contributed by atoms with Gasteiger partial charge in [0.2, 0.25) is 11.8 Å². The van der Waals surface area contributed by atoms with Crippen LogP contribution >= 0.6 is 0 Å². The molecule has 1 aliphatic heterocycles. The van der Waals surface area contributed by atoms with Gasteiger partial charge in [-0.1, -0.05) is 37.6 Å². The fourth-order valence-electron chi connectivity index (χ4n) is 4.06. The van der Waals surface area contributed by atoms with Gasteiger partial charge in [-0.15, -0.1) is 0 Å². The summed E-state index contributed by atoms with van der Waals surface area (Å²) in [4.78, 5) is 25.0. The maximum absolute atomic E-state index is 12.1. The summed E-state index contributed by atoms with van der Waals surface area (Å²) in [5.74, 6) is 0.436. The molecule has 0 aromatic carbocycles. The Labute approximate surface area is 205 Å². The second-order valence-corrected chi connectivity index (χ2v) is 9.94. The van der Waals surface area contributed by atoms with Crippen LogP contribution in [-0.2, 0) is 19.1 Å². The van der Waals surface area contributed by atoms with E-state index in [2.05, 4.69) is 49.6 Å². The van der Waals surface area contributed by atoms with E-state index < -0.39 is 6.23 Å². The minimum absolute atomic E-state index is 0.0335. The third kappa shape index (κ3) is 10.3. The standard InChI is InChI=1S/C26H45N3O5/c1-5-6-23(30)27-13-16-34-18-17-33-15-12-26(3,4)28-22-9-7-21(19-20(22)2)8-10-24(31)29-14-11-25(29)32/h7,9,19-20,22,25,28,32H,5-6,8,10-18H2,1-4H3,(H,27,30)/t20-,22?,25?/m1/s1. The summed E-state index contributed by atoms with van der Waals surface area (Å²) in [5.41, 5.74) is 1.10. The number of ether oxygens (including phenoxy) is 2. The second kappa shape index (κ2) is 14.6. The summed E-state index contributed by atoms with van der Waals surface area (Å²) in [6.45, 7) is 12.0. The summed E-state index contributed by atoms with van der Waals surface area (Å²) in [5, 5.41) is 16.2. The lowest BCUT2D eigenvalue weighted by molar-refractivity contribution is -0.154. The van der Waals surface area contributed by atoms with E-state index in [9.17, 15) is 14.7 Å². The molecular weight excluding hydrogens is 434 g/mol. The van der Waals surface area contributed by atoms with Crippen molar-refractivity contribution in [1.29, 1.82) is 0 Å². The van der Waals surface area contributed by atoms with E-state index in [-0.39, 0.29) is 23.4 Å². The van der Waals surface area contributed by atoms with Gasteiger partial charge in [-0.2, -0.15) is 0 Å². The van der Waals surface area contributed by atoms with E-state index in [0.717, 1.165) is 12.8 Å². The topological polar surface area (TPSA) is 100 Å². The predicted octanol–water partition coefficient (Wildman–Crippen LogP) is 2.53. The molecule has 0 saturated carbocycles. The minimum atomic E-state index is -0.584. The number of allylic oxidation sites excluding steroid dienone is 2. The van der Waals surface area contributed by atoms with Crippen molar-refractivity contribution in [2.75, 3.05) is 39.5 Å². The highest BCUT2D eigenvalue weighted by Gasteiger charge is 2.30. The Bertz CT molecular complexity index is 707. The first kappa shape index (κ1) is 28.5. The normalized spacial score (nSPS) is 22.3. The van der Waals surface area contributed by atoms with Crippen molar-refractivity contribution in [2.24, 2.45) is 5.92 Å². The van der Waals surface area contributed by atoms with E-state index in [0.29, 0.717) is 71.1 Å². The molecule has 0 radical (unpaired) electrons. The first-order valence-corrected chi connectivity index (χ1v) is 12.8. The molecule has 1 fully saturated rings. The predicted molar refractivity (Wildman–Crippen MR) is 133 cm³/mol. The average molecular weight is 480 g/mol. The van der Waals surface area contributed by atoms with Gasteiger partial charge in [0.25, 0.3) is 0 Å². The highest BCUT2D eigenvalue weighted by atomic mass is 16.5. The number of hydrogen-bond donors (Lipinski definition) is 3. The van der Waals surface area contributed by atoms with Crippen LogP contribution < -0.4 is 10.6 Å². The molecule has 34 heavy (non-hydrogen) atoms. The third-order valence-corrected chi connectivity index (χ3v) is 6.34. The van der Waals surface area contributed by atoms with Crippen LogP contribution in [0.4, 0.5) is 0 Å². The Morgan fingerprint density at radius 1 is 1.18 bits per heavy atom. The van der Waals surface area contributed by atoms with Gasteiger partial charge >= 0.3 is 0 Å². The number of hydrogen-bond acceptors (Lipinski definition) is 6. The van der Waals surface area contributed by atoms with Gasteiger partial charge in [0, 0.05) is 50.5 Å². The number of aliphatic hydroxyl groups is 1. The molecule has 0 aromatic rings. The fourth-order valence-corrected chi connectivity index (χ4v) is 4.06. The van der Waals surface area contributed by atoms with Gasteiger partial charge in [-0.3, -0.25) is 9.59 Å². The lowest BCUT2D eigenvalue weighted by Gasteiger charge is -2.37. The molecule has 2 amide bonds. The number of carbonyl (C=O) groups excluding carboxylic acids is 2. The van der Waals surface area contributed by atoms with Gasteiger partial charge in [-0.25, -0.2) is 0 Å². The van der Waals surface area contributed by atoms with Crippen molar-refractivity contribution in [2.45, 2.75) is 84.0 Å². The summed E-state index contributed by atoms with van der Waals surface area (Å²) in [7, 11) is 0. The molecule has 0 aromatic heterocycles. The summed E-state index contributed by atoms with van der Waals surface area (Å²) in [6.07, 6.45) is 10.1. The number of nitrogens with one attached hydrogen (secondary N) is 2. The number of rotatable bonds is 16. The van der Waals surface area contributed by atoms with Crippen molar-refractivity contribution < 1.29 is 24.2 Å². The lowest BCUT2D eigenvalue weighted by atomic mass is 9.88. The smallest absolute Gasteiger partial charge is 0.224 e. The zero-order valence-corrected chi connectivity index (χ0v) is 21.5. The largest absolute Gasteiger partial charge is 0.379 e. The van der Waals surface area contributed by atoms with Crippen LogP contribution in [0.1, 0.15) is 66.2 Å². The van der Waals surface area contributed by atoms with Crippen LogP contribution in [0.25, 0.3) is 0 Å². The molecule has 194 valence electrons. The van der Waals surface area contributed by atoms with E-state index in [4.69, 9.17) is 9.47 Å². The number of aliphatic hydroxyl groups excluding tert-OH is 1. The van der Waals surface area contributed by atoms with Crippen molar-refractivity contribution in [1.82, 2.24) is 15.5 Å². The molecule has 8 nitrogen and oxygen atoms in total. The Kier molecular flexibility index (Phi) is 12.2. The molecular formula is C26H45N3O5. The molecule has 1 aliphatic carbocycles. The molecule has 0 spiro atoms. The van der Waals surface area contributed by atoms with E-state index >= 15 is 0 Å². The number of likely N-dealkylation sites (tertiary alicyclic amines) is 1. The number of carbonyl (C=O) groups is 2. The van der Waals surface area contributed by atoms with E-state index in [1.165, 1.54) is 5.57 Å². The van der Waals surface area contributed by atoms with Crippen molar-refractivity contribution in [3.05, 3.63) is 23.8 Å². The summed E-state index contributed by atoms with van der Waals surface area (Å²) in [6, 6.07) is 0.234. The average Bonchev–Trinajstić information content (AvgIpc) is 2.77. The third-order valence-electron chi connectivity index (χ3n) is 6.34. The van der Waals surface area contributed by atoms with Crippen LogP contribution in [0.3, 0.4) is 0 Å². The van der Waals surface area contributed by atoms with Gasteiger partial charge in [0.15, 0.2) is 0 Å². The van der Waals surface area contributed by atoms with Crippen LogP contribution in [0, 0.1) is 5.92 Å². The zero-order chi connectivity index (χ0) is 25.0. The fraction of sp³-hybridized carbons (Fsp3) is 0.769. The van der Waals surface area contributed by atoms with Crippen LogP contribution in [0.2, 0.25) is 0 Å². The molecule has 3 N–H and O–H groups in total. The molecule has 0 bridgehead atoms. The maximum Gasteiger partial charge on any atom is 0.224 e. The number of nitrogens with zero attached hydrogens (tertiary/aromatic N) is 1. The van der Waals surface area contributed by atoms with Crippen molar-refractivity contribution in [3.8, 4) is 0 Å². The van der Waals surface area contributed by atoms with Gasteiger partial charge in [0.05, 0.1) is 19.8 Å². The summed E-state index contributed by atoms with van der Waals surface area (Å²) >= 11 is 0. The first-order valence-electron chi connectivity index (χ1n) is 12.8. The SMILES string of the molecule is CCCC(=O)NCCOCCOCCC(C)(C)NC1C=CC(CCC(=O)N2CCC2O)=C[C@H]1C. The van der Waals surface area contributed by atoms with Gasteiger partial charge < -0.3 is 30.1 Å². The Balaban J connectivity index is 1.56. The highest BCUT2D eigenvalue weighted by Crippen LogP contribution is 2.24. The van der Waals surface area contributed by atoms with Gasteiger partial charge in [0.1, 0.15) is 6.23 Å². The van der Waals surface area contributed by atoms with E-state index in [1.807, 2.05) is 6.92 Å². The Morgan fingerprint density at radius 3 is 2.53 bits per heavy atom. The molecule has 1 saturated heterocycles. The second-order valence-electron chi connectivity index (χ2n) is 9.94. The number of amides is 2. The quantitative estimate of drug-likeness (QED) is 0.294. The molecule has 2 unspecified atom stereocenters. The van der Waals surface area contributed by atoms with Crippen molar-refractivity contribution in [3.63, 3.8) is 0 Å². The molecule has 2 aliphatic rings. The minimum Gasteiger partial charge on any atom is -0.379 e. The first-order chi connectivity index (χ1) is 16.2. The maximum atomic E-state index is 12.1. The Morgan fingerprint density at radius 2 is 1.91 bits per heavy atom. The van der Waals surface area contributed by atoms with Crippen molar-refractivity contribution >= 4 is 11.8 Å². The molecule has 8 heteroatoms.